The third kappa shape index (κ3) is 3.23. The van der Waals surface area contributed by atoms with Crippen molar-refractivity contribution < 1.29 is 0 Å². The number of nitrogens with one attached hydrogen (secondary N) is 1. The van der Waals surface area contributed by atoms with Crippen LogP contribution < -0.4 is 5.32 Å². The van der Waals surface area contributed by atoms with Crippen LogP contribution in [-0.4, -0.2) is 36.1 Å². The molecule has 0 bridgehead atoms. The van der Waals surface area contributed by atoms with E-state index in [9.17, 15) is 0 Å². The Labute approximate surface area is 107 Å². The Bertz CT molecular complexity index is 227. The minimum Gasteiger partial charge on any atom is -0.313 e. The minimum absolute atomic E-state index is 0.751. The fraction of sp³-hybridized carbons (Fsp3) is 1.00. The lowest BCUT2D eigenvalue weighted by Crippen LogP contribution is -2.56. The van der Waals surface area contributed by atoms with Crippen LogP contribution in [0.15, 0.2) is 0 Å². The number of nitrogens with zero attached hydrogens (tertiary/aromatic N) is 1. The van der Waals surface area contributed by atoms with Crippen LogP contribution in [0.3, 0.4) is 0 Å². The second-order valence-corrected chi connectivity index (χ2v) is 6.24. The number of rotatable bonds is 3. The molecule has 0 aromatic heterocycles. The van der Waals surface area contributed by atoms with Crippen LogP contribution >= 0.6 is 0 Å². The van der Waals surface area contributed by atoms with E-state index < -0.39 is 0 Å². The summed E-state index contributed by atoms with van der Waals surface area (Å²) >= 11 is 0. The lowest BCUT2D eigenvalue weighted by Gasteiger charge is -2.47. The maximum atomic E-state index is 3.73. The summed E-state index contributed by atoms with van der Waals surface area (Å²) in [5.41, 5.74) is 0. The zero-order valence-corrected chi connectivity index (χ0v) is 11.9. The molecule has 2 heteroatoms. The van der Waals surface area contributed by atoms with Crippen LogP contribution in [0.4, 0.5) is 0 Å². The van der Waals surface area contributed by atoms with Gasteiger partial charge in [-0.3, -0.25) is 4.90 Å². The van der Waals surface area contributed by atoms with Crippen molar-refractivity contribution in [3.63, 3.8) is 0 Å². The Morgan fingerprint density at radius 3 is 2.59 bits per heavy atom. The standard InChI is InChI=1S/C15H30N2/c1-4-16-14-7-5-6-8-15(14)17-11-12(2)9-10-13(17)3/h12-16H,4-11H2,1-3H3. The number of likely N-dealkylation sites (tertiary alicyclic amines) is 1. The Balaban J connectivity index is 2.01. The van der Waals surface area contributed by atoms with Gasteiger partial charge in [0.2, 0.25) is 0 Å². The first-order chi connectivity index (χ1) is 8.22. The number of piperidine rings is 1. The van der Waals surface area contributed by atoms with Crippen molar-refractivity contribution in [1.29, 1.82) is 0 Å². The van der Waals surface area contributed by atoms with Crippen molar-refractivity contribution in [2.24, 2.45) is 5.92 Å². The fourth-order valence-electron chi connectivity index (χ4n) is 3.79. The molecule has 0 aromatic carbocycles. The van der Waals surface area contributed by atoms with Gasteiger partial charge in [0.15, 0.2) is 0 Å². The number of likely N-dealkylation sites (N-methyl/N-ethyl adjacent to an activating group) is 1. The lowest BCUT2D eigenvalue weighted by atomic mass is 9.85. The molecule has 1 heterocycles. The normalized spacial score (nSPS) is 40.4. The SMILES string of the molecule is CCNC1CCCCC1N1CC(C)CCC1C. The van der Waals surface area contributed by atoms with E-state index in [0.29, 0.717) is 0 Å². The van der Waals surface area contributed by atoms with Crippen molar-refractivity contribution in [1.82, 2.24) is 10.2 Å². The van der Waals surface area contributed by atoms with E-state index in [0.717, 1.165) is 30.6 Å². The predicted octanol–water partition coefficient (Wildman–Crippen LogP) is 3.03. The third-order valence-electron chi connectivity index (χ3n) is 4.79. The molecule has 0 radical (unpaired) electrons. The summed E-state index contributed by atoms with van der Waals surface area (Å²) in [5.74, 6) is 0.899. The highest BCUT2D eigenvalue weighted by atomic mass is 15.2. The topological polar surface area (TPSA) is 15.3 Å². The van der Waals surface area contributed by atoms with Crippen LogP contribution in [0, 0.1) is 5.92 Å². The molecule has 0 spiro atoms. The molecule has 2 aliphatic rings. The molecule has 0 amide bonds. The van der Waals surface area contributed by atoms with E-state index in [1.807, 2.05) is 0 Å². The van der Waals surface area contributed by atoms with Crippen LogP contribution in [0.1, 0.15) is 59.3 Å². The molecule has 2 rings (SSSR count). The third-order valence-corrected chi connectivity index (χ3v) is 4.79. The molecule has 2 fully saturated rings. The molecule has 1 N–H and O–H groups in total. The van der Waals surface area contributed by atoms with Gasteiger partial charge in [-0.25, -0.2) is 0 Å². The Kier molecular flexibility index (Phi) is 4.87. The van der Waals surface area contributed by atoms with E-state index >= 15 is 0 Å². The maximum absolute atomic E-state index is 3.73. The summed E-state index contributed by atoms with van der Waals surface area (Å²) in [6.45, 7) is 9.55. The zero-order valence-electron chi connectivity index (χ0n) is 11.9. The Morgan fingerprint density at radius 1 is 1.06 bits per heavy atom. The highest BCUT2D eigenvalue weighted by molar-refractivity contribution is 4.92. The maximum Gasteiger partial charge on any atom is 0.0252 e. The van der Waals surface area contributed by atoms with Crippen molar-refractivity contribution in [2.75, 3.05) is 13.1 Å². The van der Waals surface area contributed by atoms with Gasteiger partial charge in [0.05, 0.1) is 0 Å². The molecule has 1 aliphatic carbocycles. The highest BCUT2D eigenvalue weighted by Crippen LogP contribution is 2.30. The van der Waals surface area contributed by atoms with E-state index in [2.05, 4.69) is 31.0 Å². The molecule has 2 nitrogen and oxygen atoms in total. The minimum atomic E-state index is 0.751. The molecular weight excluding hydrogens is 208 g/mol. The molecule has 4 atom stereocenters. The predicted molar refractivity (Wildman–Crippen MR) is 74.3 cm³/mol. The lowest BCUT2D eigenvalue weighted by molar-refractivity contribution is 0.0399. The molecule has 0 aromatic rings. The van der Waals surface area contributed by atoms with Crippen molar-refractivity contribution in [3.8, 4) is 0 Å². The highest BCUT2D eigenvalue weighted by Gasteiger charge is 2.34. The molecule has 100 valence electrons. The van der Waals surface area contributed by atoms with Gasteiger partial charge in [-0.15, -0.1) is 0 Å². The van der Waals surface area contributed by atoms with Gasteiger partial charge in [-0.1, -0.05) is 26.7 Å². The average molecular weight is 238 g/mol. The first-order valence-electron chi connectivity index (χ1n) is 7.71. The largest absolute Gasteiger partial charge is 0.313 e. The summed E-state index contributed by atoms with van der Waals surface area (Å²) in [6.07, 6.45) is 8.48. The molecular formula is C15H30N2. The summed E-state index contributed by atoms with van der Waals surface area (Å²) < 4.78 is 0. The van der Waals surface area contributed by atoms with Crippen LogP contribution in [-0.2, 0) is 0 Å². The van der Waals surface area contributed by atoms with E-state index in [1.54, 1.807) is 0 Å². The van der Waals surface area contributed by atoms with Crippen molar-refractivity contribution >= 4 is 0 Å². The van der Waals surface area contributed by atoms with Gasteiger partial charge < -0.3 is 5.32 Å². The van der Waals surface area contributed by atoms with E-state index in [1.165, 1.54) is 45.1 Å². The van der Waals surface area contributed by atoms with E-state index in [4.69, 9.17) is 0 Å². The van der Waals surface area contributed by atoms with Gasteiger partial charge >= 0.3 is 0 Å². The van der Waals surface area contributed by atoms with Crippen LogP contribution in [0.5, 0.6) is 0 Å². The van der Waals surface area contributed by atoms with Gasteiger partial charge in [-0.2, -0.15) is 0 Å². The summed E-state index contributed by atoms with van der Waals surface area (Å²) in [7, 11) is 0. The van der Waals surface area contributed by atoms with Crippen molar-refractivity contribution in [3.05, 3.63) is 0 Å². The van der Waals surface area contributed by atoms with Crippen LogP contribution in [0.2, 0.25) is 0 Å². The summed E-state index contributed by atoms with van der Waals surface area (Å²) in [6, 6.07) is 2.36. The second-order valence-electron chi connectivity index (χ2n) is 6.24. The first kappa shape index (κ1) is 13.4. The second kappa shape index (κ2) is 6.19. The quantitative estimate of drug-likeness (QED) is 0.813. The fourth-order valence-corrected chi connectivity index (χ4v) is 3.79. The smallest absolute Gasteiger partial charge is 0.0252 e. The molecule has 17 heavy (non-hydrogen) atoms. The molecule has 1 aliphatic heterocycles. The zero-order chi connectivity index (χ0) is 12.3. The summed E-state index contributed by atoms with van der Waals surface area (Å²) in [4.78, 5) is 2.82. The number of hydrogen-bond donors (Lipinski definition) is 1. The van der Waals surface area contributed by atoms with Crippen molar-refractivity contribution in [2.45, 2.75) is 77.4 Å². The van der Waals surface area contributed by atoms with Gasteiger partial charge in [0.25, 0.3) is 0 Å². The average Bonchev–Trinajstić information content (AvgIpc) is 2.34. The van der Waals surface area contributed by atoms with E-state index in [-0.39, 0.29) is 0 Å². The number of hydrogen-bond acceptors (Lipinski definition) is 2. The molecule has 1 saturated carbocycles. The summed E-state index contributed by atoms with van der Waals surface area (Å²) in [5, 5.41) is 3.73. The molecule has 1 saturated heterocycles. The first-order valence-corrected chi connectivity index (χ1v) is 7.71. The van der Waals surface area contributed by atoms with Gasteiger partial charge in [0.1, 0.15) is 0 Å². The Hall–Kier alpha value is -0.0800. The van der Waals surface area contributed by atoms with Crippen LogP contribution in [0.25, 0.3) is 0 Å². The van der Waals surface area contributed by atoms with Gasteiger partial charge in [0, 0.05) is 24.7 Å². The van der Waals surface area contributed by atoms with Gasteiger partial charge in [-0.05, 0) is 45.1 Å². The Morgan fingerprint density at radius 2 is 1.82 bits per heavy atom. The molecule has 4 unspecified atom stereocenters. The monoisotopic (exact) mass is 238 g/mol.